The van der Waals surface area contributed by atoms with Gasteiger partial charge < -0.3 is 15.6 Å². The minimum absolute atomic E-state index is 0.190. The lowest BCUT2D eigenvalue weighted by atomic mass is 10.2. The third-order valence-corrected chi connectivity index (χ3v) is 2.23. The van der Waals surface area contributed by atoms with Crippen LogP contribution in [0.2, 0.25) is 0 Å². The summed E-state index contributed by atoms with van der Waals surface area (Å²) < 4.78 is 18.1. The molecule has 2 rings (SSSR count). The molecule has 0 bridgehead atoms. The SMILES string of the molecule is COCc1cc(N)nc(-c2cc(O)cc(F)c2)n1. The first-order valence-corrected chi connectivity index (χ1v) is 5.21. The Bertz CT molecular complexity index is 555. The largest absolute Gasteiger partial charge is 0.508 e. The van der Waals surface area contributed by atoms with E-state index in [1.165, 1.54) is 19.2 Å². The third kappa shape index (κ3) is 2.72. The predicted octanol–water partition coefficient (Wildman–Crippen LogP) is 1.72. The number of halogens is 1. The van der Waals surface area contributed by atoms with Crippen LogP contribution in [0.4, 0.5) is 10.2 Å². The molecule has 0 aliphatic rings. The average molecular weight is 249 g/mol. The number of rotatable bonds is 3. The van der Waals surface area contributed by atoms with Crippen LogP contribution in [-0.4, -0.2) is 22.2 Å². The highest BCUT2D eigenvalue weighted by Gasteiger charge is 2.08. The lowest BCUT2D eigenvalue weighted by Gasteiger charge is -2.06. The maximum absolute atomic E-state index is 13.2. The van der Waals surface area contributed by atoms with Gasteiger partial charge in [0.1, 0.15) is 17.4 Å². The van der Waals surface area contributed by atoms with Crippen LogP contribution in [-0.2, 0) is 11.3 Å². The van der Waals surface area contributed by atoms with Gasteiger partial charge in [-0.05, 0) is 12.1 Å². The Labute approximate surface area is 103 Å². The van der Waals surface area contributed by atoms with Gasteiger partial charge >= 0.3 is 0 Å². The Morgan fingerprint density at radius 3 is 2.72 bits per heavy atom. The topological polar surface area (TPSA) is 81.3 Å². The van der Waals surface area contributed by atoms with Crippen molar-refractivity contribution in [2.75, 3.05) is 12.8 Å². The summed E-state index contributed by atoms with van der Waals surface area (Å²) >= 11 is 0. The van der Waals surface area contributed by atoms with E-state index in [0.29, 0.717) is 11.3 Å². The highest BCUT2D eigenvalue weighted by Crippen LogP contribution is 2.23. The molecule has 5 nitrogen and oxygen atoms in total. The van der Waals surface area contributed by atoms with Crippen molar-refractivity contribution in [3.63, 3.8) is 0 Å². The van der Waals surface area contributed by atoms with Crippen LogP contribution in [0.25, 0.3) is 11.4 Å². The molecule has 0 amide bonds. The van der Waals surface area contributed by atoms with E-state index in [-0.39, 0.29) is 24.0 Å². The average Bonchev–Trinajstić information content (AvgIpc) is 2.27. The normalized spacial score (nSPS) is 10.6. The van der Waals surface area contributed by atoms with Gasteiger partial charge in [0.15, 0.2) is 5.82 Å². The second-order valence-corrected chi connectivity index (χ2v) is 3.74. The molecule has 2 aromatic rings. The molecule has 1 heterocycles. The summed E-state index contributed by atoms with van der Waals surface area (Å²) in [4.78, 5) is 8.18. The molecular formula is C12H12FN3O2. The summed E-state index contributed by atoms with van der Waals surface area (Å²) in [6, 6.07) is 5.18. The van der Waals surface area contributed by atoms with Gasteiger partial charge in [0.25, 0.3) is 0 Å². The number of aromatic hydroxyl groups is 1. The van der Waals surface area contributed by atoms with E-state index >= 15 is 0 Å². The standard InChI is InChI=1S/C12H12FN3O2/c1-18-6-9-5-11(14)16-12(15-9)7-2-8(13)4-10(17)3-7/h2-5,17H,6H2,1H3,(H2,14,15,16). The molecule has 1 aromatic carbocycles. The van der Waals surface area contributed by atoms with Gasteiger partial charge in [0, 0.05) is 24.8 Å². The minimum Gasteiger partial charge on any atom is -0.508 e. The van der Waals surface area contributed by atoms with Crippen molar-refractivity contribution in [2.24, 2.45) is 0 Å². The quantitative estimate of drug-likeness (QED) is 0.865. The number of hydrogen-bond acceptors (Lipinski definition) is 5. The summed E-state index contributed by atoms with van der Waals surface area (Å²) in [6.07, 6.45) is 0. The molecule has 94 valence electrons. The molecular weight excluding hydrogens is 237 g/mol. The third-order valence-electron chi connectivity index (χ3n) is 2.23. The summed E-state index contributed by atoms with van der Waals surface area (Å²) in [5, 5.41) is 9.35. The highest BCUT2D eigenvalue weighted by atomic mass is 19.1. The van der Waals surface area contributed by atoms with E-state index in [1.54, 1.807) is 6.07 Å². The van der Waals surface area contributed by atoms with Crippen molar-refractivity contribution in [1.82, 2.24) is 9.97 Å². The van der Waals surface area contributed by atoms with Gasteiger partial charge in [-0.3, -0.25) is 0 Å². The van der Waals surface area contributed by atoms with Crippen molar-refractivity contribution >= 4 is 5.82 Å². The Kier molecular flexibility index (Phi) is 3.38. The Balaban J connectivity index is 2.49. The van der Waals surface area contributed by atoms with Gasteiger partial charge in [-0.15, -0.1) is 0 Å². The number of nitrogens with zero attached hydrogens (tertiary/aromatic N) is 2. The Morgan fingerprint density at radius 2 is 2.06 bits per heavy atom. The second kappa shape index (κ2) is 4.97. The molecule has 3 N–H and O–H groups in total. The van der Waals surface area contributed by atoms with Gasteiger partial charge in [-0.1, -0.05) is 0 Å². The van der Waals surface area contributed by atoms with E-state index in [4.69, 9.17) is 10.5 Å². The number of benzene rings is 1. The molecule has 0 unspecified atom stereocenters. The Hall–Kier alpha value is -2.21. The van der Waals surface area contributed by atoms with Gasteiger partial charge in [0.05, 0.1) is 12.3 Å². The van der Waals surface area contributed by atoms with Crippen molar-refractivity contribution < 1.29 is 14.2 Å². The van der Waals surface area contributed by atoms with Gasteiger partial charge in [-0.25, -0.2) is 14.4 Å². The zero-order chi connectivity index (χ0) is 13.1. The second-order valence-electron chi connectivity index (χ2n) is 3.74. The molecule has 0 aliphatic carbocycles. The number of aromatic nitrogens is 2. The first kappa shape index (κ1) is 12.3. The molecule has 18 heavy (non-hydrogen) atoms. The number of ether oxygens (including phenoxy) is 1. The lowest BCUT2D eigenvalue weighted by Crippen LogP contribution is -2.01. The zero-order valence-electron chi connectivity index (χ0n) is 9.72. The van der Waals surface area contributed by atoms with Crippen LogP contribution >= 0.6 is 0 Å². The highest BCUT2D eigenvalue weighted by molar-refractivity contribution is 5.59. The van der Waals surface area contributed by atoms with Gasteiger partial charge in [-0.2, -0.15) is 0 Å². The van der Waals surface area contributed by atoms with Crippen molar-refractivity contribution in [3.05, 3.63) is 35.8 Å². The number of methoxy groups -OCH3 is 1. The maximum atomic E-state index is 13.2. The summed E-state index contributed by atoms with van der Waals surface area (Å²) in [6.45, 7) is 0.279. The number of hydrogen-bond donors (Lipinski definition) is 2. The monoisotopic (exact) mass is 249 g/mol. The first-order valence-electron chi connectivity index (χ1n) is 5.21. The van der Waals surface area contributed by atoms with E-state index in [0.717, 1.165) is 6.07 Å². The predicted molar refractivity (Wildman–Crippen MR) is 64.2 cm³/mol. The van der Waals surface area contributed by atoms with Crippen LogP contribution in [0.1, 0.15) is 5.69 Å². The number of phenolic OH excluding ortho intramolecular Hbond substituents is 1. The molecule has 0 spiro atoms. The van der Waals surface area contributed by atoms with Crippen LogP contribution in [0.15, 0.2) is 24.3 Å². The summed E-state index contributed by atoms with van der Waals surface area (Å²) in [7, 11) is 1.53. The van der Waals surface area contributed by atoms with E-state index in [9.17, 15) is 9.50 Å². The number of anilines is 1. The smallest absolute Gasteiger partial charge is 0.162 e. The lowest BCUT2D eigenvalue weighted by molar-refractivity contribution is 0.181. The van der Waals surface area contributed by atoms with Crippen molar-refractivity contribution in [3.8, 4) is 17.1 Å². The van der Waals surface area contributed by atoms with Crippen molar-refractivity contribution in [2.45, 2.75) is 6.61 Å². The van der Waals surface area contributed by atoms with Crippen molar-refractivity contribution in [1.29, 1.82) is 0 Å². The zero-order valence-corrected chi connectivity index (χ0v) is 9.72. The fourth-order valence-corrected chi connectivity index (χ4v) is 1.57. The maximum Gasteiger partial charge on any atom is 0.162 e. The molecule has 0 saturated carbocycles. The molecule has 0 radical (unpaired) electrons. The number of nitrogen functional groups attached to an aromatic ring is 1. The molecule has 6 heteroatoms. The van der Waals surface area contributed by atoms with E-state index in [1.807, 2.05) is 0 Å². The van der Waals surface area contributed by atoms with Crippen LogP contribution < -0.4 is 5.73 Å². The number of phenols is 1. The van der Waals surface area contributed by atoms with Crippen LogP contribution in [0.3, 0.4) is 0 Å². The minimum atomic E-state index is -0.565. The fourth-order valence-electron chi connectivity index (χ4n) is 1.57. The molecule has 0 atom stereocenters. The van der Waals surface area contributed by atoms with Crippen LogP contribution in [0.5, 0.6) is 5.75 Å². The number of nitrogens with two attached hydrogens (primary N) is 1. The molecule has 1 aromatic heterocycles. The van der Waals surface area contributed by atoms with Crippen LogP contribution in [0, 0.1) is 5.82 Å². The van der Waals surface area contributed by atoms with Gasteiger partial charge in [0.2, 0.25) is 0 Å². The van der Waals surface area contributed by atoms with E-state index < -0.39 is 5.82 Å². The molecule has 0 saturated heterocycles. The summed E-state index contributed by atoms with van der Waals surface area (Å²) in [5.74, 6) is -0.249. The summed E-state index contributed by atoms with van der Waals surface area (Å²) in [5.41, 5.74) is 6.59. The van der Waals surface area contributed by atoms with E-state index in [2.05, 4.69) is 9.97 Å². The molecule has 0 aliphatic heterocycles. The molecule has 0 fully saturated rings. The first-order chi connectivity index (χ1) is 8.58. The Morgan fingerprint density at radius 1 is 1.28 bits per heavy atom. The fraction of sp³-hybridized carbons (Fsp3) is 0.167.